The number of carbonyl (C=O) groups excluding carboxylic acids is 1. The quantitative estimate of drug-likeness (QED) is 0.849. The van der Waals surface area contributed by atoms with Gasteiger partial charge in [-0.05, 0) is 48.9 Å². The van der Waals surface area contributed by atoms with Gasteiger partial charge in [-0.2, -0.15) is 0 Å². The number of likely N-dealkylation sites (N-methyl/N-ethyl adjacent to an activating group) is 1. The fraction of sp³-hybridized carbons (Fsp3) is 0.643. The molecule has 1 unspecified atom stereocenters. The SMILES string of the molecule is CCCn1cc(Br)cc1C(=O)N1CCC(N(C)C)C1. The number of rotatable bonds is 4. The lowest BCUT2D eigenvalue weighted by molar-refractivity contribution is 0.0772. The van der Waals surface area contributed by atoms with Crippen molar-refractivity contribution in [1.82, 2.24) is 14.4 Å². The minimum absolute atomic E-state index is 0.156. The molecule has 1 aliphatic rings. The maximum atomic E-state index is 12.6. The number of amides is 1. The molecule has 1 atom stereocenters. The molecule has 4 nitrogen and oxygen atoms in total. The van der Waals surface area contributed by atoms with E-state index in [1.165, 1.54) is 0 Å². The topological polar surface area (TPSA) is 28.5 Å². The number of hydrogen-bond donors (Lipinski definition) is 0. The van der Waals surface area contributed by atoms with Gasteiger partial charge in [-0.1, -0.05) is 6.92 Å². The average molecular weight is 328 g/mol. The molecule has 1 amide bonds. The minimum Gasteiger partial charge on any atom is -0.342 e. The Labute approximate surface area is 123 Å². The fourth-order valence-corrected chi connectivity index (χ4v) is 3.05. The third-order valence-electron chi connectivity index (χ3n) is 3.73. The summed E-state index contributed by atoms with van der Waals surface area (Å²) >= 11 is 3.47. The van der Waals surface area contributed by atoms with Crippen LogP contribution in [0.25, 0.3) is 0 Å². The normalized spacial score (nSPS) is 19.4. The van der Waals surface area contributed by atoms with Gasteiger partial charge in [0.1, 0.15) is 5.69 Å². The van der Waals surface area contributed by atoms with E-state index in [0.717, 1.165) is 42.6 Å². The van der Waals surface area contributed by atoms with Crippen molar-refractivity contribution in [1.29, 1.82) is 0 Å². The van der Waals surface area contributed by atoms with Crippen LogP contribution in [-0.2, 0) is 6.54 Å². The summed E-state index contributed by atoms with van der Waals surface area (Å²) < 4.78 is 3.03. The van der Waals surface area contributed by atoms with Gasteiger partial charge in [0.15, 0.2) is 0 Å². The molecular formula is C14H22BrN3O. The van der Waals surface area contributed by atoms with E-state index < -0.39 is 0 Å². The highest BCUT2D eigenvalue weighted by Gasteiger charge is 2.29. The maximum absolute atomic E-state index is 12.6. The van der Waals surface area contributed by atoms with E-state index in [-0.39, 0.29) is 5.91 Å². The predicted octanol–water partition coefficient (Wildman–Crippen LogP) is 2.44. The number of aryl methyl sites for hydroxylation is 1. The molecule has 0 bridgehead atoms. The van der Waals surface area contributed by atoms with Gasteiger partial charge in [-0.3, -0.25) is 4.79 Å². The van der Waals surface area contributed by atoms with Crippen LogP contribution in [0.1, 0.15) is 30.3 Å². The first kappa shape index (κ1) is 14.6. The Morgan fingerprint density at radius 1 is 1.53 bits per heavy atom. The maximum Gasteiger partial charge on any atom is 0.270 e. The van der Waals surface area contributed by atoms with Crippen molar-refractivity contribution in [3.8, 4) is 0 Å². The number of aromatic nitrogens is 1. The lowest BCUT2D eigenvalue weighted by Crippen LogP contribution is -2.35. The first-order valence-electron chi connectivity index (χ1n) is 6.84. The van der Waals surface area contributed by atoms with Crippen molar-refractivity contribution in [2.75, 3.05) is 27.2 Å². The molecule has 106 valence electrons. The summed E-state index contributed by atoms with van der Waals surface area (Å²) in [4.78, 5) is 16.8. The van der Waals surface area contributed by atoms with Crippen molar-refractivity contribution < 1.29 is 4.79 Å². The molecule has 0 spiro atoms. The third-order valence-corrected chi connectivity index (χ3v) is 4.16. The summed E-state index contributed by atoms with van der Waals surface area (Å²) in [5.74, 6) is 0.156. The van der Waals surface area contributed by atoms with Crippen LogP contribution in [0.4, 0.5) is 0 Å². The van der Waals surface area contributed by atoms with Gasteiger partial charge in [-0.25, -0.2) is 0 Å². The number of hydrogen-bond acceptors (Lipinski definition) is 2. The van der Waals surface area contributed by atoms with Gasteiger partial charge in [-0.15, -0.1) is 0 Å². The first-order valence-corrected chi connectivity index (χ1v) is 7.63. The van der Waals surface area contributed by atoms with Crippen LogP contribution in [0.15, 0.2) is 16.7 Å². The fourth-order valence-electron chi connectivity index (χ4n) is 2.59. The van der Waals surface area contributed by atoms with Crippen LogP contribution in [0.3, 0.4) is 0 Å². The number of likely N-dealkylation sites (tertiary alicyclic amines) is 1. The molecule has 1 aromatic rings. The van der Waals surface area contributed by atoms with Crippen molar-refractivity contribution in [3.63, 3.8) is 0 Å². The van der Waals surface area contributed by atoms with Crippen LogP contribution < -0.4 is 0 Å². The third kappa shape index (κ3) is 3.20. The monoisotopic (exact) mass is 327 g/mol. The molecule has 1 saturated heterocycles. The summed E-state index contributed by atoms with van der Waals surface area (Å²) in [6, 6.07) is 2.42. The minimum atomic E-state index is 0.156. The molecular weight excluding hydrogens is 306 g/mol. The zero-order valence-electron chi connectivity index (χ0n) is 11.9. The molecule has 1 fully saturated rings. The van der Waals surface area contributed by atoms with E-state index in [9.17, 15) is 4.79 Å². The lowest BCUT2D eigenvalue weighted by atomic mass is 10.2. The van der Waals surface area contributed by atoms with E-state index in [1.54, 1.807) is 0 Å². The standard InChI is InChI=1S/C14H22BrN3O/c1-4-6-17-9-11(15)8-13(17)14(19)18-7-5-12(10-18)16(2)3/h8-9,12H,4-7,10H2,1-3H3. The highest BCUT2D eigenvalue weighted by atomic mass is 79.9. The van der Waals surface area contributed by atoms with E-state index in [1.807, 2.05) is 17.2 Å². The molecule has 0 radical (unpaired) electrons. The molecule has 2 heterocycles. The summed E-state index contributed by atoms with van der Waals surface area (Å²) in [6.07, 6.45) is 4.09. The van der Waals surface area contributed by atoms with Crippen LogP contribution >= 0.6 is 15.9 Å². The predicted molar refractivity (Wildman–Crippen MR) is 80.4 cm³/mol. The molecule has 19 heavy (non-hydrogen) atoms. The van der Waals surface area contributed by atoms with E-state index in [4.69, 9.17) is 0 Å². The molecule has 0 aliphatic carbocycles. The van der Waals surface area contributed by atoms with E-state index in [0.29, 0.717) is 6.04 Å². The second-order valence-corrected chi connectivity index (χ2v) is 6.31. The largest absolute Gasteiger partial charge is 0.342 e. The molecule has 1 aromatic heterocycles. The highest BCUT2D eigenvalue weighted by Crippen LogP contribution is 2.20. The number of nitrogens with zero attached hydrogens (tertiary/aromatic N) is 3. The van der Waals surface area contributed by atoms with E-state index >= 15 is 0 Å². The Bertz CT molecular complexity index is 456. The summed E-state index contributed by atoms with van der Waals surface area (Å²) in [5, 5.41) is 0. The van der Waals surface area contributed by atoms with Crippen molar-refractivity contribution in [2.24, 2.45) is 0 Å². The lowest BCUT2D eigenvalue weighted by Gasteiger charge is -2.21. The van der Waals surface area contributed by atoms with Crippen molar-refractivity contribution in [2.45, 2.75) is 32.4 Å². The highest BCUT2D eigenvalue weighted by molar-refractivity contribution is 9.10. The van der Waals surface area contributed by atoms with Crippen LogP contribution in [-0.4, -0.2) is 53.5 Å². The van der Waals surface area contributed by atoms with Crippen molar-refractivity contribution >= 4 is 21.8 Å². The first-order chi connectivity index (χ1) is 9.02. The van der Waals surface area contributed by atoms with Gasteiger partial charge in [0.05, 0.1) is 0 Å². The smallest absolute Gasteiger partial charge is 0.270 e. The number of halogens is 1. The Balaban J connectivity index is 2.12. The van der Waals surface area contributed by atoms with Crippen LogP contribution in [0.5, 0.6) is 0 Å². The van der Waals surface area contributed by atoms with Gasteiger partial charge < -0.3 is 14.4 Å². The number of carbonyl (C=O) groups is 1. The second kappa shape index (κ2) is 6.09. The Morgan fingerprint density at radius 2 is 2.26 bits per heavy atom. The molecule has 0 aromatic carbocycles. The average Bonchev–Trinajstić information content (AvgIpc) is 2.95. The van der Waals surface area contributed by atoms with Crippen LogP contribution in [0.2, 0.25) is 0 Å². The second-order valence-electron chi connectivity index (χ2n) is 5.39. The Hall–Kier alpha value is -0.810. The van der Waals surface area contributed by atoms with Gasteiger partial charge in [0.25, 0.3) is 5.91 Å². The molecule has 0 N–H and O–H groups in total. The summed E-state index contributed by atoms with van der Waals surface area (Å²) in [7, 11) is 4.16. The molecule has 2 rings (SSSR count). The van der Waals surface area contributed by atoms with Gasteiger partial charge >= 0.3 is 0 Å². The van der Waals surface area contributed by atoms with Crippen molar-refractivity contribution in [3.05, 3.63) is 22.4 Å². The van der Waals surface area contributed by atoms with E-state index in [2.05, 4.69) is 46.4 Å². The van der Waals surface area contributed by atoms with Gasteiger partial charge in [0, 0.05) is 36.3 Å². The Morgan fingerprint density at radius 3 is 2.84 bits per heavy atom. The zero-order valence-corrected chi connectivity index (χ0v) is 13.5. The van der Waals surface area contributed by atoms with Gasteiger partial charge in [0.2, 0.25) is 0 Å². The molecule has 5 heteroatoms. The Kier molecular flexibility index (Phi) is 4.68. The molecule has 0 saturated carbocycles. The summed E-state index contributed by atoms with van der Waals surface area (Å²) in [6.45, 7) is 4.70. The zero-order chi connectivity index (χ0) is 14.0. The van der Waals surface area contributed by atoms with Crippen LogP contribution in [0, 0.1) is 0 Å². The summed E-state index contributed by atoms with van der Waals surface area (Å²) in [5.41, 5.74) is 0.799. The molecule has 1 aliphatic heterocycles.